The Morgan fingerprint density at radius 2 is 0.559 bits per heavy atom. The number of nitrogens with zero attached hydrogens (tertiary/aromatic N) is 6. The van der Waals surface area contributed by atoms with Crippen molar-refractivity contribution in [2.75, 3.05) is 39.6 Å². The van der Waals surface area contributed by atoms with Crippen LogP contribution in [0.15, 0.2) is 207 Å². The summed E-state index contributed by atoms with van der Waals surface area (Å²) in [5.74, 6) is 4.88. The molecule has 0 saturated heterocycles. The van der Waals surface area contributed by atoms with Crippen LogP contribution >= 0.6 is 0 Å². The fraction of sp³-hybridized carbons (Fsp3) is 0.368. The van der Waals surface area contributed by atoms with Crippen molar-refractivity contribution in [2.45, 2.75) is 187 Å². The summed E-state index contributed by atoms with van der Waals surface area (Å²) in [7, 11) is 0. The third-order valence-electron chi connectivity index (χ3n) is 19.4. The monoisotopic (exact) mass is 1490 g/mol. The molecule has 0 spiro atoms. The molecular weight excluding hydrogens is 1390 g/mol. The predicted molar refractivity (Wildman–Crippen MR) is 438 cm³/mol. The Kier molecular flexibility index (Phi) is 34.7. The van der Waals surface area contributed by atoms with Crippen LogP contribution in [0.1, 0.15) is 217 Å². The molecule has 111 heavy (non-hydrogen) atoms. The smallest absolute Gasteiger partial charge is 0.343 e. The lowest BCUT2D eigenvalue weighted by molar-refractivity contribution is 0.0724. The van der Waals surface area contributed by atoms with E-state index >= 15 is 0 Å². The summed E-state index contributed by atoms with van der Waals surface area (Å²) in [5, 5.41) is 18.5. The van der Waals surface area contributed by atoms with E-state index < -0.39 is 11.9 Å². The van der Waals surface area contributed by atoms with Crippen LogP contribution in [0.3, 0.4) is 0 Å². The Morgan fingerprint density at radius 3 is 0.883 bits per heavy atom. The van der Waals surface area contributed by atoms with Crippen LogP contribution in [-0.2, 0) is 12.8 Å². The Bertz CT molecular complexity index is 4180. The number of unbranched alkanes of at least 4 members (excludes halogenated alkanes) is 20. The number of esters is 2. The van der Waals surface area contributed by atoms with Crippen LogP contribution in [0.4, 0.5) is 0 Å². The first-order chi connectivity index (χ1) is 54.7. The van der Waals surface area contributed by atoms with Crippen molar-refractivity contribution in [1.29, 1.82) is 10.5 Å². The van der Waals surface area contributed by atoms with Crippen molar-refractivity contribution < 1.29 is 47.5 Å². The number of aryl methyl sites for hydroxylation is 2. The summed E-state index contributed by atoms with van der Waals surface area (Å²) in [6.07, 6.45) is 36.6. The molecule has 2 aromatic heterocycles. The molecule has 0 saturated carbocycles. The minimum Gasteiger partial charge on any atom is -0.494 e. The summed E-state index contributed by atoms with van der Waals surface area (Å²) >= 11 is 0. The molecule has 16 nitrogen and oxygen atoms in total. The Balaban J connectivity index is 0.663. The molecule has 0 atom stereocenters. The van der Waals surface area contributed by atoms with Gasteiger partial charge < -0.3 is 37.9 Å². The molecule has 0 radical (unpaired) electrons. The molecule has 0 bridgehead atoms. The Morgan fingerprint density at radius 1 is 0.288 bits per heavy atom. The number of carbonyl (C=O) groups excluding carboxylic acids is 2. The zero-order valence-electron chi connectivity index (χ0n) is 64.7. The molecule has 0 unspecified atom stereocenters. The molecule has 0 aliphatic heterocycles. The van der Waals surface area contributed by atoms with E-state index in [1.807, 2.05) is 122 Å². The molecule has 0 aliphatic carbocycles. The van der Waals surface area contributed by atoms with E-state index in [1.165, 1.54) is 88.2 Å². The molecule has 8 aromatic carbocycles. The summed E-state index contributed by atoms with van der Waals surface area (Å²) in [6, 6.07) is 59.9. The van der Waals surface area contributed by atoms with Gasteiger partial charge in [0.25, 0.3) is 0 Å². The topological polar surface area (TPSA) is 207 Å². The average molecular weight is 1490 g/mol. The molecule has 0 N–H and O–H groups in total. The maximum absolute atomic E-state index is 13.7. The maximum atomic E-state index is 13.7. The van der Waals surface area contributed by atoms with Gasteiger partial charge in [-0.2, -0.15) is 10.5 Å². The number of benzene rings is 8. The number of hydrogen-bond donors (Lipinski definition) is 0. The van der Waals surface area contributed by atoms with E-state index in [4.69, 9.17) is 37.9 Å². The van der Waals surface area contributed by atoms with Gasteiger partial charge in [0.05, 0.1) is 74.0 Å². The van der Waals surface area contributed by atoms with Gasteiger partial charge in [0.1, 0.15) is 23.0 Å². The van der Waals surface area contributed by atoms with Crippen LogP contribution in [0, 0.1) is 22.7 Å². The number of nitriles is 2. The van der Waals surface area contributed by atoms with Gasteiger partial charge in [0, 0.05) is 35.9 Å². The van der Waals surface area contributed by atoms with Gasteiger partial charge in [-0.05, 0) is 257 Å². The second-order valence-corrected chi connectivity index (χ2v) is 28.1. The van der Waals surface area contributed by atoms with Gasteiger partial charge in [0.2, 0.25) is 0 Å². The fourth-order valence-electron chi connectivity index (χ4n) is 12.8. The lowest BCUT2D eigenvalue weighted by Crippen LogP contribution is -2.10. The lowest BCUT2D eigenvalue weighted by atomic mass is 10.0. The third-order valence-corrected chi connectivity index (χ3v) is 19.4. The first kappa shape index (κ1) is 82.1. The van der Waals surface area contributed by atoms with Crippen LogP contribution < -0.4 is 37.9 Å². The fourth-order valence-corrected chi connectivity index (χ4v) is 12.8. The highest BCUT2D eigenvalue weighted by atomic mass is 16.5. The summed E-state index contributed by atoms with van der Waals surface area (Å²) in [4.78, 5) is 45.9. The first-order valence-corrected chi connectivity index (χ1v) is 40.2. The van der Waals surface area contributed by atoms with E-state index in [9.17, 15) is 20.1 Å². The van der Waals surface area contributed by atoms with Gasteiger partial charge in [-0.15, -0.1) is 0 Å². The minimum absolute atomic E-state index is 0.334. The SMILES string of the molecule is CCCCCCCCc1cnc(-c2ccc(OCCCCCCOc3cc(C(=O)Oc4ccc(-c5ccc(C#N)cc5)cc4)ccc3OCCCCCCCOc3ccc(C(=O)Oc4ccc(-c5ccc(C#N)cc5)cc4)cc3OCCCCCCOc3ccc(-c4ncc(CCCCCCCC)cn4)cc3)cc2)nc1. The number of carbonyl (C=O) groups is 2. The van der Waals surface area contributed by atoms with Crippen molar-refractivity contribution in [3.8, 4) is 103 Å². The van der Waals surface area contributed by atoms with Crippen molar-refractivity contribution in [2.24, 2.45) is 0 Å². The van der Waals surface area contributed by atoms with E-state index in [0.29, 0.717) is 108 Å². The standard InChI is InChI=1S/C95H106N6O10/c1-3-5-7-9-12-20-28-74-68-98-92(99-69-74)80-42-48-84(49-43-80)104-58-22-16-18-26-62-108-90-64-82(94(102)110-86-52-38-78(39-53-86)76-34-30-72(66-96)31-35-76)46-56-88(90)106-60-24-14-11-15-25-61-107-89-57-47-83(95(103)111-87-54-40-79(41-55-87)77-36-32-73(67-97)33-37-77)65-91(89)109-63-27-19-17-23-59-105-85-50-44-81(45-51-85)93-100-70-75(71-101-93)29-21-13-10-8-6-4-2/h30-57,64-65,68-71H,3-29,58-63H2,1-2H3. The summed E-state index contributed by atoms with van der Waals surface area (Å²) < 4.78 is 49.4. The zero-order chi connectivity index (χ0) is 77.1. The highest BCUT2D eigenvalue weighted by molar-refractivity contribution is 5.92. The van der Waals surface area contributed by atoms with Crippen molar-refractivity contribution in [3.05, 3.63) is 240 Å². The van der Waals surface area contributed by atoms with Gasteiger partial charge in [-0.3, -0.25) is 0 Å². The Hall–Kier alpha value is -11.4. The number of ether oxygens (including phenoxy) is 8. The van der Waals surface area contributed by atoms with Crippen LogP contribution in [0.2, 0.25) is 0 Å². The van der Waals surface area contributed by atoms with Crippen LogP contribution in [-0.4, -0.2) is 71.5 Å². The van der Waals surface area contributed by atoms with E-state index in [1.54, 1.807) is 84.9 Å². The van der Waals surface area contributed by atoms with E-state index in [2.05, 4.69) is 45.9 Å². The van der Waals surface area contributed by atoms with Crippen molar-refractivity contribution >= 4 is 11.9 Å². The van der Waals surface area contributed by atoms with Gasteiger partial charge >= 0.3 is 11.9 Å². The largest absolute Gasteiger partial charge is 0.494 e. The second kappa shape index (κ2) is 46.9. The number of rotatable bonds is 50. The van der Waals surface area contributed by atoms with Gasteiger partial charge in [-0.1, -0.05) is 146 Å². The molecular formula is C95H106N6O10. The lowest BCUT2D eigenvalue weighted by Gasteiger charge is -2.15. The third kappa shape index (κ3) is 28.2. The molecule has 576 valence electrons. The predicted octanol–water partition coefficient (Wildman–Crippen LogP) is 23.4. The van der Waals surface area contributed by atoms with Crippen molar-refractivity contribution in [3.63, 3.8) is 0 Å². The molecule has 0 fully saturated rings. The van der Waals surface area contributed by atoms with Gasteiger partial charge in [-0.25, -0.2) is 29.5 Å². The molecule has 0 aliphatic rings. The molecule has 2 heterocycles. The van der Waals surface area contributed by atoms with Crippen molar-refractivity contribution in [1.82, 2.24) is 19.9 Å². The number of hydrogen-bond acceptors (Lipinski definition) is 16. The summed E-state index contributed by atoms with van der Waals surface area (Å²) in [5.41, 5.74) is 9.88. The normalized spacial score (nSPS) is 11.0. The van der Waals surface area contributed by atoms with E-state index in [-0.39, 0.29) is 0 Å². The molecule has 16 heteroatoms. The highest BCUT2D eigenvalue weighted by Crippen LogP contribution is 2.34. The second-order valence-electron chi connectivity index (χ2n) is 28.1. The Labute approximate surface area is 656 Å². The zero-order valence-corrected chi connectivity index (χ0v) is 64.7. The maximum Gasteiger partial charge on any atom is 0.343 e. The molecule has 0 amide bonds. The van der Waals surface area contributed by atoms with E-state index in [0.717, 1.165) is 141 Å². The first-order valence-electron chi connectivity index (χ1n) is 40.2. The van der Waals surface area contributed by atoms with Crippen LogP contribution in [0.25, 0.3) is 45.0 Å². The molecule has 10 aromatic rings. The summed E-state index contributed by atoms with van der Waals surface area (Å²) in [6.45, 7) is 7.46. The average Bonchev–Trinajstić information content (AvgIpc) is 0.870. The van der Waals surface area contributed by atoms with Crippen LogP contribution in [0.5, 0.6) is 46.0 Å². The van der Waals surface area contributed by atoms with Gasteiger partial charge in [0.15, 0.2) is 34.6 Å². The quantitative estimate of drug-likeness (QED) is 0.0197. The molecule has 10 rings (SSSR count). The minimum atomic E-state index is -0.520. The highest BCUT2D eigenvalue weighted by Gasteiger charge is 2.18. The number of aromatic nitrogens is 4.